The highest BCUT2D eigenvalue weighted by molar-refractivity contribution is 6.77. The molecule has 5 nitrogen and oxygen atoms in total. The maximum Gasteiger partial charge on any atom is 0.306 e. The lowest BCUT2D eigenvalue weighted by Crippen LogP contribution is -2.52. The molecule has 2 rings (SSSR count). The van der Waals surface area contributed by atoms with E-state index in [-0.39, 0.29) is 36.3 Å². The van der Waals surface area contributed by atoms with Crippen molar-refractivity contribution in [3.05, 3.63) is 11.1 Å². The Labute approximate surface area is 176 Å². The van der Waals surface area contributed by atoms with E-state index in [1.54, 1.807) is 6.92 Å². The molecule has 1 saturated heterocycles. The lowest BCUT2D eigenvalue weighted by Gasteiger charge is -2.46. The first-order valence-corrected chi connectivity index (χ1v) is 13.1. The second-order valence-corrected chi connectivity index (χ2v) is 15.2. The van der Waals surface area contributed by atoms with Gasteiger partial charge in [0.25, 0.3) is 0 Å². The van der Waals surface area contributed by atoms with Crippen LogP contribution in [-0.2, 0) is 23.5 Å². The molecular weight excluding hydrogens is 384 g/mol. The molecule has 0 amide bonds. The number of allylic oxidation sites excluding steroid dienone is 1. The maximum absolute atomic E-state index is 12.5. The van der Waals surface area contributed by atoms with Crippen LogP contribution in [0.1, 0.15) is 81.1 Å². The van der Waals surface area contributed by atoms with Gasteiger partial charge in [-0.2, -0.15) is 0 Å². The Bertz CT molecular complexity index is 670. The van der Waals surface area contributed by atoms with Crippen LogP contribution in [0, 0.1) is 5.92 Å². The molecule has 1 aliphatic heterocycles. The molecule has 1 aliphatic carbocycles. The molecule has 0 bridgehead atoms. The van der Waals surface area contributed by atoms with Crippen molar-refractivity contribution in [2.75, 3.05) is 0 Å². The van der Waals surface area contributed by atoms with Gasteiger partial charge in [0.05, 0.1) is 12.5 Å². The number of ether oxygens (including phenoxy) is 1. The Morgan fingerprint density at radius 2 is 1.62 bits per heavy atom. The highest BCUT2D eigenvalue weighted by atomic mass is 28.4. The number of carbonyl (C=O) groups excluding carboxylic acids is 3. The molecule has 0 unspecified atom stereocenters. The summed E-state index contributed by atoms with van der Waals surface area (Å²) in [5.41, 5.74) is 2.73. The van der Waals surface area contributed by atoms with E-state index < -0.39 is 20.5 Å². The van der Waals surface area contributed by atoms with E-state index in [0.29, 0.717) is 28.6 Å². The van der Waals surface area contributed by atoms with E-state index in [1.807, 2.05) is 6.92 Å². The van der Waals surface area contributed by atoms with Crippen molar-refractivity contribution in [2.45, 2.75) is 110 Å². The van der Waals surface area contributed by atoms with Crippen LogP contribution in [0.4, 0.5) is 0 Å². The first-order chi connectivity index (χ1) is 13.4. The Hall–Kier alpha value is -1.27. The number of carbonyl (C=O) groups is 3. The lowest BCUT2D eigenvalue weighted by atomic mass is 9.86. The smallest absolute Gasteiger partial charge is 0.306 e. The molecule has 164 valence electrons. The van der Waals surface area contributed by atoms with Gasteiger partial charge in [-0.3, -0.25) is 14.4 Å². The fraction of sp³-hybridized carbons (Fsp3) is 0.783. The summed E-state index contributed by atoms with van der Waals surface area (Å²) in [5.74, 6) is -0.492. The minimum Gasteiger partial charge on any atom is -0.457 e. The van der Waals surface area contributed by atoms with E-state index in [0.717, 1.165) is 12.0 Å². The molecule has 3 atom stereocenters. The second kappa shape index (κ2) is 9.25. The number of rotatable bonds is 9. The summed E-state index contributed by atoms with van der Waals surface area (Å²) in [7, 11) is -2.27. The van der Waals surface area contributed by atoms with Gasteiger partial charge in [-0.15, -0.1) is 0 Å². The van der Waals surface area contributed by atoms with Gasteiger partial charge in [-0.05, 0) is 36.9 Å². The predicted octanol–water partition coefficient (Wildman–Crippen LogP) is 5.14. The SMILES string of the molecule is CC(=O)C[C@@H](O[Si](C(C)C)(C(C)C)C(C)C)[C@@H]1CC(=O)O[C@H]1C1=C(C)CCC1=O. The monoisotopic (exact) mass is 422 g/mol. The van der Waals surface area contributed by atoms with Crippen LogP contribution >= 0.6 is 0 Å². The average Bonchev–Trinajstić information content (AvgIpc) is 3.11. The molecular formula is C23H38O5Si. The molecule has 0 spiro atoms. The predicted molar refractivity (Wildman–Crippen MR) is 116 cm³/mol. The van der Waals surface area contributed by atoms with Crippen LogP contribution in [-0.4, -0.2) is 38.1 Å². The lowest BCUT2D eigenvalue weighted by molar-refractivity contribution is -0.140. The van der Waals surface area contributed by atoms with Crippen molar-refractivity contribution in [3.63, 3.8) is 0 Å². The number of esters is 1. The van der Waals surface area contributed by atoms with E-state index in [2.05, 4.69) is 41.5 Å². The van der Waals surface area contributed by atoms with E-state index in [4.69, 9.17) is 9.16 Å². The van der Waals surface area contributed by atoms with Crippen molar-refractivity contribution in [1.29, 1.82) is 0 Å². The molecule has 0 aromatic rings. The second-order valence-electron chi connectivity index (χ2n) is 9.78. The Kier molecular flexibility index (Phi) is 7.66. The van der Waals surface area contributed by atoms with Gasteiger partial charge in [0, 0.05) is 24.3 Å². The topological polar surface area (TPSA) is 69.7 Å². The van der Waals surface area contributed by atoms with Gasteiger partial charge in [0.15, 0.2) is 5.78 Å². The Balaban J connectivity index is 2.47. The summed E-state index contributed by atoms with van der Waals surface area (Å²) in [6, 6.07) is 0. The van der Waals surface area contributed by atoms with Gasteiger partial charge >= 0.3 is 5.97 Å². The van der Waals surface area contributed by atoms with Crippen LogP contribution in [0.25, 0.3) is 0 Å². The quantitative estimate of drug-likeness (QED) is 0.380. The zero-order valence-electron chi connectivity index (χ0n) is 19.3. The molecule has 29 heavy (non-hydrogen) atoms. The van der Waals surface area contributed by atoms with E-state index in [9.17, 15) is 14.4 Å². The molecule has 0 radical (unpaired) electrons. The Morgan fingerprint density at radius 1 is 1.07 bits per heavy atom. The minimum atomic E-state index is -2.27. The standard InChI is InChI=1S/C23H38O5Si/c1-13(2)29(14(3)4,15(5)6)28-20(11-17(8)24)18-12-21(26)27-23(18)22-16(7)9-10-19(22)25/h13-15,18,20,23H,9-12H2,1-8H3/t18-,20+,23+/m0/s1. The fourth-order valence-corrected chi connectivity index (χ4v) is 11.2. The molecule has 1 heterocycles. The van der Waals surface area contributed by atoms with Crippen molar-refractivity contribution in [1.82, 2.24) is 0 Å². The molecule has 0 aromatic carbocycles. The summed E-state index contributed by atoms with van der Waals surface area (Å²) in [4.78, 5) is 37.0. The van der Waals surface area contributed by atoms with Gasteiger partial charge in [0.1, 0.15) is 11.9 Å². The van der Waals surface area contributed by atoms with Gasteiger partial charge in [-0.1, -0.05) is 47.1 Å². The molecule has 0 N–H and O–H groups in total. The van der Waals surface area contributed by atoms with E-state index >= 15 is 0 Å². The molecule has 0 aromatic heterocycles. The number of Topliss-reactive ketones (excluding diaryl/α,β-unsaturated/α-hetero) is 2. The summed E-state index contributed by atoms with van der Waals surface area (Å²) in [5, 5.41) is 0. The first kappa shape index (κ1) is 24.0. The molecule has 2 aliphatic rings. The van der Waals surface area contributed by atoms with Crippen LogP contribution in [0.3, 0.4) is 0 Å². The summed E-state index contributed by atoms with van der Waals surface area (Å²) in [6.07, 6.45) is 0.653. The van der Waals surface area contributed by atoms with Gasteiger partial charge < -0.3 is 9.16 Å². The Morgan fingerprint density at radius 3 is 2.03 bits per heavy atom. The fourth-order valence-electron chi connectivity index (χ4n) is 5.62. The van der Waals surface area contributed by atoms with Crippen LogP contribution in [0.15, 0.2) is 11.1 Å². The highest BCUT2D eigenvalue weighted by Gasteiger charge is 2.52. The van der Waals surface area contributed by atoms with Crippen molar-refractivity contribution >= 4 is 25.9 Å². The summed E-state index contributed by atoms with van der Waals surface area (Å²) < 4.78 is 12.6. The van der Waals surface area contributed by atoms with Crippen molar-refractivity contribution < 1.29 is 23.5 Å². The third-order valence-electron chi connectivity index (χ3n) is 6.85. The maximum atomic E-state index is 12.5. The third-order valence-corrected chi connectivity index (χ3v) is 13.0. The van der Waals surface area contributed by atoms with Gasteiger partial charge in [0.2, 0.25) is 8.32 Å². The first-order valence-electron chi connectivity index (χ1n) is 11.0. The largest absolute Gasteiger partial charge is 0.457 e. The van der Waals surface area contributed by atoms with E-state index in [1.165, 1.54) is 0 Å². The number of cyclic esters (lactones) is 1. The van der Waals surface area contributed by atoms with Crippen molar-refractivity contribution in [3.8, 4) is 0 Å². The molecule has 0 saturated carbocycles. The minimum absolute atomic E-state index is 0.0377. The number of hydrogen-bond donors (Lipinski definition) is 0. The van der Waals surface area contributed by atoms with Crippen molar-refractivity contribution in [2.24, 2.45) is 5.92 Å². The molecule has 1 fully saturated rings. The third kappa shape index (κ3) is 4.74. The summed E-state index contributed by atoms with van der Waals surface area (Å²) >= 11 is 0. The van der Waals surface area contributed by atoms with Crippen LogP contribution in [0.5, 0.6) is 0 Å². The van der Waals surface area contributed by atoms with Crippen LogP contribution in [0.2, 0.25) is 16.6 Å². The zero-order valence-corrected chi connectivity index (χ0v) is 20.3. The average molecular weight is 423 g/mol. The highest BCUT2D eigenvalue weighted by Crippen LogP contribution is 2.46. The summed E-state index contributed by atoms with van der Waals surface area (Å²) in [6.45, 7) is 16.7. The van der Waals surface area contributed by atoms with Gasteiger partial charge in [-0.25, -0.2) is 0 Å². The number of ketones is 2. The zero-order chi connectivity index (χ0) is 22.1. The molecule has 6 heteroatoms. The number of hydrogen-bond acceptors (Lipinski definition) is 5. The van der Waals surface area contributed by atoms with Crippen LogP contribution < -0.4 is 0 Å². The normalized spacial score (nSPS) is 24.2.